The third-order valence-corrected chi connectivity index (χ3v) is 2.44. The molecule has 3 nitrogen and oxygen atoms in total. The van der Waals surface area contributed by atoms with Crippen molar-refractivity contribution in [2.24, 2.45) is 0 Å². The average Bonchev–Trinajstić information content (AvgIpc) is 2.45. The van der Waals surface area contributed by atoms with Gasteiger partial charge in [-0.1, -0.05) is 17.7 Å². The highest BCUT2D eigenvalue weighted by atomic mass is 35.5. The zero-order valence-corrected chi connectivity index (χ0v) is 10.4. The van der Waals surface area contributed by atoms with Gasteiger partial charge in [-0.15, -0.1) is 0 Å². The summed E-state index contributed by atoms with van der Waals surface area (Å²) in [7, 11) is 0. The van der Waals surface area contributed by atoms with Gasteiger partial charge in [-0.25, -0.2) is 4.68 Å². The molecule has 4 heteroatoms. The molecule has 0 radical (unpaired) electrons. The summed E-state index contributed by atoms with van der Waals surface area (Å²) in [6.45, 7) is 6.09. The lowest BCUT2D eigenvalue weighted by Crippen LogP contribution is -3.00. The van der Waals surface area contributed by atoms with E-state index in [0.717, 1.165) is 11.4 Å². The summed E-state index contributed by atoms with van der Waals surface area (Å²) in [6.07, 6.45) is 0. The van der Waals surface area contributed by atoms with Gasteiger partial charge in [0.15, 0.2) is 0 Å². The van der Waals surface area contributed by atoms with Crippen LogP contribution in [0, 0.1) is 20.8 Å². The lowest BCUT2D eigenvalue weighted by Gasteiger charge is -2.08. The number of nitrogens with two attached hydrogens (primary N) is 1. The molecular weight excluding hydrogens is 222 g/mol. The Bertz CT molecular complexity index is 503. The Morgan fingerprint density at radius 1 is 1.12 bits per heavy atom. The Hall–Kier alpha value is -1.48. The fourth-order valence-corrected chi connectivity index (χ4v) is 1.76. The minimum absolute atomic E-state index is 0. The molecule has 1 aromatic carbocycles. The molecule has 0 fully saturated rings. The van der Waals surface area contributed by atoms with Gasteiger partial charge in [0, 0.05) is 6.07 Å². The molecule has 16 heavy (non-hydrogen) atoms. The topological polar surface area (TPSA) is 43.8 Å². The van der Waals surface area contributed by atoms with Crippen LogP contribution >= 0.6 is 0 Å². The molecule has 1 heterocycles. The number of hydrogen-bond acceptors (Lipinski definition) is 2. The van der Waals surface area contributed by atoms with Crippen molar-refractivity contribution in [3.8, 4) is 5.69 Å². The minimum atomic E-state index is 0. The van der Waals surface area contributed by atoms with Gasteiger partial charge in [-0.05, 0) is 32.4 Å². The smallest absolute Gasteiger partial charge is 0.127 e. The van der Waals surface area contributed by atoms with E-state index in [4.69, 9.17) is 5.73 Å². The molecule has 0 aliphatic carbocycles. The Labute approximate surface area is 102 Å². The van der Waals surface area contributed by atoms with E-state index in [1.165, 1.54) is 11.1 Å². The second-order valence-electron chi connectivity index (χ2n) is 3.91. The van der Waals surface area contributed by atoms with Crippen molar-refractivity contribution < 1.29 is 12.4 Å². The molecule has 86 valence electrons. The summed E-state index contributed by atoms with van der Waals surface area (Å²) in [6, 6.07) is 8.12. The van der Waals surface area contributed by atoms with Gasteiger partial charge in [-0.3, -0.25) is 0 Å². The summed E-state index contributed by atoms with van der Waals surface area (Å²) in [5.41, 5.74) is 10.3. The van der Waals surface area contributed by atoms with E-state index in [-0.39, 0.29) is 12.4 Å². The number of hydrogen-bond donors (Lipinski definition) is 1. The first-order valence-electron chi connectivity index (χ1n) is 4.97. The second-order valence-corrected chi connectivity index (χ2v) is 3.91. The van der Waals surface area contributed by atoms with Crippen LogP contribution in [0.5, 0.6) is 0 Å². The third-order valence-electron chi connectivity index (χ3n) is 2.44. The highest BCUT2D eigenvalue weighted by Crippen LogP contribution is 2.18. The van der Waals surface area contributed by atoms with Crippen molar-refractivity contribution in [1.82, 2.24) is 9.78 Å². The summed E-state index contributed by atoms with van der Waals surface area (Å²) in [4.78, 5) is 0. The van der Waals surface area contributed by atoms with E-state index >= 15 is 0 Å². The number of rotatable bonds is 1. The number of aromatic nitrogens is 2. The van der Waals surface area contributed by atoms with Gasteiger partial charge in [0.2, 0.25) is 0 Å². The van der Waals surface area contributed by atoms with Gasteiger partial charge in [-0.2, -0.15) is 5.10 Å². The molecule has 0 bridgehead atoms. The van der Waals surface area contributed by atoms with Crippen molar-refractivity contribution in [3.63, 3.8) is 0 Å². The van der Waals surface area contributed by atoms with E-state index in [1.54, 1.807) is 4.68 Å². The standard InChI is InChI=1S/C12H15N3.ClH/c1-8-4-5-11(9(2)6-8)15-12(13)7-10(3)14-15;/h4-7H,13H2,1-3H3;1H/p-1. The summed E-state index contributed by atoms with van der Waals surface area (Å²) < 4.78 is 1.78. The number of aryl methyl sites for hydroxylation is 3. The quantitative estimate of drug-likeness (QED) is 0.718. The monoisotopic (exact) mass is 236 g/mol. The van der Waals surface area contributed by atoms with Gasteiger partial charge < -0.3 is 18.1 Å². The maximum atomic E-state index is 5.88. The molecule has 0 aliphatic heterocycles. The number of halogens is 1. The van der Waals surface area contributed by atoms with Crippen LogP contribution in [0.1, 0.15) is 16.8 Å². The highest BCUT2D eigenvalue weighted by Gasteiger charge is 2.06. The maximum absolute atomic E-state index is 5.88. The lowest BCUT2D eigenvalue weighted by atomic mass is 10.1. The summed E-state index contributed by atoms with van der Waals surface area (Å²) in [5, 5.41) is 4.36. The zero-order chi connectivity index (χ0) is 11.0. The third kappa shape index (κ3) is 2.19. The Balaban J connectivity index is 0.00000128. The maximum Gasteiger partial charge on any atom is 0.127 e. The van der Waals surface area contributed by atoms with Gasteiger partial charge in [0.1, 0.15) is 5.82 Å². The van der Waals surface area contributed by atoms with Crippen LogP contribution in [0.25, 0.3) is 5.69 Å². The Morgan fingerprint density at radius 3 is 2.31 bits per heavy atom. The zero-order valence-electron chi connectivity index (χ0n) is 9.66. The van der Waals surface area contributed by atoms with Gasteiger partial charge in [0.05, 0.1) is 11.4 Å². The molecule has 0 unspecified atom stereocenters. The molecule has 2 N–H and O–H groups in total. The first kappa shape index (κ1) is 12.6. The fourth-order valence-electron chi connectivity index (χ4n) is 1.76. The van der Waals surface area contributed by atoms with Crippen LogP contribution in [-0.4, -0.2) is 9.78 Å². The van der Waals surface area contributed by atoms with Crippen LogP contribution in [0.15, 0.2) is 24.3 Å². The van der Waals surface area contributed by atoms with Crippen molar-refractivity contribution in [2.75, 3.05) is 5.73 Å². The number of nitrogens with zero attached hydrogens (tertiary/aromatic N) is 2. The molecular formula is C12H15ClN3-. The van der Waals surface area contributed by atoms with E-state index in [2.05, 4.69) is 31.1 Å². The van der Waals surface area contributed by atoms with Crippen molar-refractivity contribution in [2.45, 2.75) is 20.8 Å². The molecule has 0 amide bonds. The number of nitrogen functional groups attached to an aromatic ring is 1. The first-order chi connectivity index (χ1) is 7.08. The summed E-state index contributed by atoms with van der Waals surface area (Å²) in [5.74, 6) is 0.680. The van der Waals surface area contributed by atoms with E-state index in [1.807, 2.05) is 19.1 Å². The van der Waals surface area contributed by atoms with Crippen LogP contribution in [0.2, 0.25) is 0 Å². The molecule has 0 aliphatic rings. The largest absolute Gasteiger partial charge is 1.00 e. The summed E-state index contributed by atoms with van der Waals surface area (Å²) >= 11 is 0. The molecule has 2 rings (SSSR count). The van der Waals surface area contributed by atoms with Crippen LogP contribution in [0.3, 0.4) is 0 Å². The Kier molecular flexibility index (Phi) is 3.60. The predicted molar refractivity (Wildman–Crippen MR) is 62.2 cm³/mol. The average molecular weight is 237 g/mol. The van der Waals surface area contributed by atoms with Gasteiger partial charge >= 0.3 is 0 Å². The van der Waals surface area contributed by atoms with Crippen LogP contribution in [-0.2, 0) is 0 Å². The molecule has 2 aromatic rings. The van der Waals surface area contributed by atoms with E-state index in [0.29, 0.717) is 5.82 Å². The van der Waals surface area contributed by atoms with Crippen LogP contribution in [0.4, 0.5) is 5.82 Å². The Morgan fingerprint density at radius 2 is 1.81 bits per heavy atom. The van der Waals surface area contributed by atoms with E-state index in [9.17, 15) is 0 Å². The molecule has 0 saturated carbocycles. The van der Waals surface area contributed by atoms with E-state index < -0.39 is 0 Å². The lowest BCUT2D eigenvalue weighted by molar-refractivity contribution is -0.00000341. The normalized spacial score (nSPS) is 9.94. The molecule has 1 aromatic heterocycles. The number of benzene rings is 1. The molecule has 0 spiro atoms. The first-order valence-corrected chi connectivity index (χ1v) is 4.97. The van der Waals surface area contributed by atoms with Crippen molar-refractivity contribution in [1.29, 1.82) is 0 Å². The minimum Gasteiger partial charge on any atom is -1.00 e. The van der Waals surface area contributed by atoms with Crippen molar-refractivity contribution in [3.05, 3.63) is 41.1 Å². The predicted octanol–water partition coefficient (Wildman–Crippen LogP) is -0.616. The highest BCUT2D eigenvalue weighted by molar-refractivity contribution is 5.48. The second kappa shape index (κ2) is 4.58. The SMILES string of the molecule is Cc1ccc(-n2nc(C)cc2N)c(C)c1.[Cl-]. The fraction of sp³-hybridized carbons (Fsp3) is 0.250. The molecule has 0 atom stereocenters. The molecule has 0 saturated heterocycles. The number of anilines is 1. The van der Waals surface area contributed by atoms with Crippen LogP contribution < -0.4 is 18.1 Å². The van der Waals surface area contributed by atoms with Gasteiger partial charge in [0.25, 0.3) is 0 Å². The van der Waals surface area contributed by atoms with Crippen molar-refractivity contribution >= 4 is 5.82 Å².